The molecule has 0 aromatic carbocycles. The lowest BCUT2D eigenvalue weighted by molar-refractivity contribution is 0.0572. The third kappa shape index (κ3) is 2.79. The number of carboxylic acid groups (broad SMARTS) is 1. The molecule has 1 aliphatic heterocycles. The minimum absolute atomic E-state index is 0.00259. The molecule has 6 nitrogen and oxygen atoms in total. The number of aliphatic hydroxyl groups excluding tert-OH is 2. The standard InChI is InChI=1S/C11H14N2O4/c14-9-5-13(6-10(9)15)4-7-2-1-3-8(12-7)11(16)17/h1-3,9-10,14-15H,4-6H2,(H,16,17). The lowest BCUT2D eigenvalue weighted by Crippen LogP contribution is -2.22. The lowest BCUT2D eigenvalue weighted by Gasteiger charge is -2.13. The first kappa shape index (κ1) is 12.0. The van der Waals surface area contributed by atoms with Crippen molar-refractivity contribution in [3.05, 3.63) is 29.6 Å². The van der Waals surface area contributed by atoms with Crippen molar-refractivity contribution in [2.24, 2.45) is 0 Å². The molecule has 0 aliphatic carbocycles. The van der Waals surface area contributed by atoms with E-state index in [1.54, 1.807) is 12.1 Å². The number of pyridine rings is 1. The molecule has 2 unspecified atom stereocenters. The van der Waals surface area contributed by atoms with Crippen LogP contribution in [0.5, 0.6) is 0 Å². The Morgan fingerprint density at radius 3 is 2.59 bits per heavy atom. The third-order valence-electron chi connectivity index (χ3n) is 2.75. The van der Waals surface area contributed by atoms with E-state index in [4.69, 9.17) is 5.11 Å². The highest BCUT2D eigenvalue weighted by atomic mass is 16.4. The smallest absolute Gasteiger partial charge is 0.354 e. The Kier molecular flexibility index (Phi) is 3.37. The van der Waals surface area contributed by atoms with Gasteiger partial charge in [0.2, 0.25) is 0 Å². The quantitative estimate of drug-likeness (QED) is 0.646. The molecule has 1 aromatic heterocycles. The van der Waals surface area contributed by atoms with Crippen LogP contribution >= 0.6 is 0 Å². The Bertz CT molecular complexity index is 414. The molecule has 0 spiro atoms. The molecule has 1 aliphatic rings. The van der Waals surface area contributed by atoms with Crippen molar-refractivity contribution in [3.63, 3.8) is 0 Å². The minimum atomic E-state index is -1.06. The fourth-order valence-corrected chi connectivity index (χ4v) is 1.89. The van der Waals surface area contributed by atoms with Crippen LogP contribution in [0, 0.1) is 0 Å². The number of hydrogen-bond donors (Lipinski definition) is 3. The Hall–Kier alpha value is -1.50. The number of aliphatic hydroxyl groups is 2. The van der Waals surface area contributed by atoms with Gasteiger partial charge in [-0.1, -0.05) is 6.07 Å². The summed E-state index contributed by atoms with van der Waals surface area (Å²) in [6.45, 7) is 1.18. The zero-order valence-electron chi connectivity index (χ0n) is 9.15. The van der Waals surface area contributed by atoms with Crippen LogP contribution in [0.15, 0.2) is 18.2 Å². The molecule has 2 rings (SSSR count). The number of nitrogens with zero attached hydrogens (tertiary/aromatic N) is 2. The second-order valence-electron chi connectivity index (χ2n) is 4.15. The molecule has 1 saturated heterocycles. The van der Waals surface area contributed by atoms with Gasteiger partial charge in [0.15, 0.2) is 0 Å². The maximum absolute atomic E-state index is 10.7. The largest absolute Gasteiger partial charge is 0.477 e. The maximum Gasteiger partial charge on any atom is 0.354 e. The lowest BCUT2D eigenvalue weighted by atomic mass is 10.3. The molecule has 0 amide bonds. The Morgan fingerprint density at radius 1 is 1.35 bits per heavy atom. The second-order valence-corrected chi connectivity index (χ2v) is 4.15. The Morgan fingerprint density at radius 2 is 2.00 bits per heavy atom. The van der Waals surface area contributed by atoms with E-state index in [0.717, 1.165) is 0 Å². The number of carbonyl (C=O) groups is 1. The maximum atomic E-state index is 10.7. The van der Waals surface area contributed by atoms with Gasteiger partial charge in [-0.15, -0.1) is 0 Å². The van der Waals surface area contributed by atoms with Crippen LogP contribution in [-0.2, 0) is 6.54 Å². The average molecular weight is 238 g/mol. The zero-order valence-corrected chi connectivity index (χ0v) is 9.15. The highest BCUT2D eigenvalue weighted by Crippen LogP contribution is 2.13. The summed E-state index contributed by atoms with van der Waals surface area (Å²) in [7, 11) is 0. The van der Waals surface area contributed by atoms with Crippen molar-refractivity contribution in [1.29, 1.82) is 0 Å². The summed E-state index contributed by atoms with van der Waals surface area (Å²) >= 11 is 0. The first-order valence-electron chi connectivity index (χ1n) is 5.34. The SMILES string of the molecule is O=C(O)c1cccc(CN2CC(O)C(O)C2)n1. The summed E-state index contributed by atoms with van der Waals surface area (Å²) in [5, 5.41) is 27.6. The molecular formula is C11H14N2O4. The van der Waals surface area contributed by atoms with Crippen molar-refractivity contribution in [1.82, 2.24) is 9.88 Å². The van der Waals surface area contributed by atoms with Gasteiger partial charge in [0.25, 0.3) is 0 Å². The topological polar surface area (TPSA) is 93.9 Å². The summed E-state index contributed by atoms with van der Waals surface area (Å²) in [5.41, 5.74) is 0.619. The molecule has 92 valence electrons. The summed E-state index contributed by atoms with van der Waals surface area (Å²) in [6.07, 6.45) is -1.48. The molecule has 6 heteroatoms. The van der Waals surface area contributed by atoms with E-state index in [9.17, 15) is 15.0 Å². The van der Waals surface area contributed by atoms with Crippen molar-refractivity contribution >= 4 is 5.97 Å². The monoisotopic (exact) mass is 238 g/mol. The molecule has 0 saturated carbocycles. The van der Waals surface area contributed by atoms with Crippen molar-refractivity contribution in [3.8, 4) is 0 Å². The van der Waals surface area contributed by atoms with Gasteiger partial charge in [0.05, 0.1) is 17.9 Å². The summed E-state index contributed by atoms with van der Waals surface area (Å²) in [6, 6.07) is 4.79. The summed E-state index contributed by atoms with van der Waals surface area (Å²) in [5.74, 6) is -1.06. The Balaban J connectivity index is 2.04. The molecule has 0 radical (unpaired) electrons. The van der Waals surface area contributed by atoms with Gasteiger partial charge < -0.3 is 15.3 Å². The fourth-order valence-electron chi connectivity index (χ4n) is 1.89. The highest BCUT2D eigenvalue weighted by molar-refractivity contribution is 5.85. The number of β-amino-alcohol motifs (C(OH)–C–C–N with tert-alkyl or cyclic N) is 2. The number of likely N-dealkylation sites (tertiary alicyclic amines) is 1. The van der Waals surface area contributed by atoms with Crippen LogP contribution in [0.2, 0.25) is 0 Å². The first-order valence-corrected chi connectivity index (χ1v) is 5.34. The second kappa shape index (κ2) is 4.79. The molecular weight excluding hydrogens is 224 g/mol. The molecule has 1 aromatic rings. The normalized spacial score (nSPS) is 25.1. The van der Waals surface area contributed by atoms with Gasteiger partial charge in [-0.05, 0) is 12.1 Å². The molecule has 2 atom stereocenters. The van der Waals surface area contributed by atoms with Crippen molar-refractivity contribution < 1.29 is 20.1 Å². The predicted octanol–water partition coefficient (Wildman–Crippen LogP) is -0.683. The van der Waals surface area contributed by atoms with Crippen molar-refractivity contribution in [2.75, 3.05) is 13.1 Å². The molecule has 3 N–H and O–H groups in total. The number of rotatable bonds is 3. The summed E-state index contributed by atoms with van der Waals surface area (Å²) in [4.78, 5) is 16.6. The van der Waals surface area contributed by atoms with Crippen LogP contribution in [0.3, 0.4) is 0 Å². The molecule has 2 heterocycles. The van der Waals surface area contributed by atoms with E-state index in [-0.39, 0.29) is 5.69 Å². The predicted molar refractivity (Wildman–Crippen MR) is 58.5 cm³/mol. The zero-order chi connectivity index (χ0) is 12.4. The molecule has 17 heavy (non-hydrogen) atoms. The van der Waals surface area contributed by atoms with E-state index >= 15 is 0 Å². The van der Waals surface area contributed by atoms with Crippen LogP contribution in [-0.4, -0.2) is 56.5 Å². The number of aromatic nitrogens is 1. The van der Waals surface area contributed by atoms with Gasteiger partial charge in [-0.2, -0.15) is 0 Å². The molecule has 0 bridgehead atoms. The van der Waals surface area contributed by atoms with Crippen LogP contribution in [0.1, 0.15) is 16.2 Å². The van der Waals surface area contributed by atoms with Crippen molar-refractivity contribution in [2.45, 2.75) is 18.8 Å². The Labute approximate surface area is 98.1 Å². The van der Waals surface area contributed by atoms with E-state index in [1.807, 2.05) is 4.90 Å². The number of carboxylic acids is 1. The van der Waals surface area contributed by atoms with Gasteiger partial charge >= 0.3 is 5.97 Å². The van der Waals surface area contributed by atoms with E-state index in [1.165, 1.54) is 6.07 Å². The van der Waals surface area contributed by atoms with E-state index < -0.39 is 18.2 Å². The highest BCUT2D eigenvalue weighted by Gasteiger charge is 2.29. The van der Waals surface area contributed by atoms with E-state index in [2.05, 4.69) is 4.98 Å². The summed E-state index contributed by atoms with van der Waals surface area (Å²) < 4.78 is 0. The van der Waals surface area contributed by atoms with Gasteiger partial charge in [0.1, 0.15) is 5.69 Å². The van der Waals surface area contributed by atoms with E-state index in [0.29, 0.717) is 25.3 Å². The van der Waals surface area contributed by atoms with Crippen LogP contribution < -0.4 is 0 Å². The fraction of sp³-hybridized carbons (Fsp3) is 0.455. The minimum Gasteiger partial charge on any atom is -0.477 e. The first-order chi connectivity index (χ1) is 8.06. The van der Waals surface area contributed by atoms with Crippen LogP contribution in [0.4, 0.5) is 0 Å². The van der Waals surface area contributed by atoms with Gasteiger partial charge in [-0.25, -0.2) is 9.78 Å². The molecule has 1 fully saturated rings. The third-order valence-corrected chi connectivity index (χ3v) is 2.75. The van der Waals surface area contributed by atoms with Crippen LogP contribution in [0.25, 0.3) is 0 Å². The van der Waals surface area contributed by atoms with Gasteiger partial charge in [-0.3, -0.25) is 4.90 Å². The number of aromatic carboxylic acids is 1. The van der Waals surface area contributed by atoms with Gasteiger partial charge in [0, 0.05) is 19.6 Å². The number of hydrogen-bond acceptors (Lipinski definition) is 5. The average Bonchev–Trinajstić information content (AvgIpc) is 2.58.